The molecule has 2 N–H and O–H groups in total. The van der Waals surface area contributed by atoms with Crippen molar-refractivity contribution >= 4 is 28.2 Å². The molecular weight excluding hydrogens is 448 g/mol. The van der Waals surface area contributed by atoms with E-state index >= 15 is 0 Å². The highest BCUT2D eigenvalue weighted by Crippen LogP contribution is 2.32. The van der Waals surface area contributed by atoms with Crippen LogP contribution in [0.3, 0.4) is 0 Å². The minimum absolute atomic E-state index is 0.0313. The van der Waals surface area contributed by atoms with Crippen molar-refractivity contribution in [3.8, 4) is 5.88 Å². The third-order valence-corrected chi connectivity index (χ3v) is 6.75. The summed E-state index contributed by atoms with van der Waals surface area (Å²) in [4.78, 5) is 24.6. The summed E-state index contributed by atoms with van der Waals surface area (Å²) in [5.41, 5.74) is 5.56. The highest BCUT2D eigenvalue weighted by atomic mass is 16.3. The number of benzene rings is 3. The molecule has 0 saturated carbocycles. The van der Waals surface area contributed by atoms with Crippen LogP contribution in [0.1, 0.15) is 46.3 Å². The number of aromatic nitrogens is 1. The molecule has 0 atom stereocenters. The number of rotatable bonds is 6. The van der Waals surface area contributed by atoms with Gasteiger partial charge in [0.2, 0.25) is 0 Å². The Morgan fingerprint density at radius 1 is 0.944 bits per heavy atom. The van der Waals surface area contributed by atoms with Gasteiger partial charge in [-0.2, -0.15) is 0 Å². The van der Waals surface area contributed by atoms with Gasteiger partial charge >= 0.3 is 0 Å². The van der Waals surface area contributed by atoms with Gasteiger partial charge in [0.15, 0.2) is 5.88 Å². The molecule has 0 radical (unpaired) electrons. The molecule has 1 aliphatic heterocycles. The van der Waals surface area contributed by atoms with Crippen LogP contribution in [-0.2, 0) is 6.54 Å². The lowest BCUT2D eigenvalue weighted by Crippen LogP contribution is -2.28. The van der Waals surface area contributed by atoms with Crippen molar-refractivity contribution in [2.45, 2.75) is 25.8 Å². The van der Waals surface area contributed by atoms with Gasteiger partial charge in [0.25, 0.3) is 5.91 Å². The Morgan fingerprint density at radius 3 is 2.36 bits per heavy atom. The number of carbonyl (C=O) groups excluding carboxylic acids is 1. The molecule has 1 saturated heterocycles. The first-order chi connectivity index (χ1) is 17.5. The smallest absolute Gasteiger partial charge is 0.253 e. The maximum atomic E-state index is 12.5. The Balaban J connectivity index is 1.53. The van der Waals surface area contributed by atoms with Crippen molar-refractivity contribution in [2.75, 3.05) is 27.2 Å². The van der Waals surface area contributed by atoms with Crippen LogP contribution in [0, 0.1) is 0 Å². The van der Waals surface area contributed by atoms with Crippen LogP contribution < -0.4 is 0 Å². The van der Waals surface area contributed by atoms with Crippen LogP contribution in [0.2, 0.25) is 0 Å². The molecule has 1 amide bonds. The third kappa shape index (κ3) is 5.04. The lowest BCUT2D eigenvalue weighted by atomic mass is 10.00. The summed E-state index contributed by atoms with van der Waals surface area (Å²) >= 11 is 0. The van der Waals surface area contributed by atoms with Gasteiger partial charge in [-0.05, 0) is 55.8 Å². The first kappa shape index (κ1) is 23.8. The summed E-state index contributed by atoms with van der Waals surface area (Å²) < 4.78 is 0. The number of aromatic hydroxyl groups is 1. The van der Waals surface area contributed by atoms with Crippen LogP contribution in [0.15, 0.2) is 77.8 Å². The number of amides is 1. The lowest BCUT2D eigenvalue weighted by molar-refractivity contribution is 0.0827. The van der Waals surface area contributed by atoms with Crippen molar-refractivity contribution in [1.82, 2.24) is 14.8 Å². The van der Waals surface area contributed by atoms with Crippen molar-refractivity contribution in [2.24, 2.45) is 4.99 Å². The van der Waals surface area contributed by atoms with Gasteiger partial charge in [0.05, 0.1) is 17.0 Å². The lowest BCUT2D eigenvalue weighted by Gasteiger charge is -2.26. The van der Waals surface area contributed by atoms with Crippen LogP contribution >= 0.6 is 0 Å². The maximum Gasteiger partial charge on any atom is 0.253 e. The van der Waals surface area contributed by atoms with Gasteiger partial charge in [-0.1, -0.05) is 55.0 Å². The van der Waals surface area contributed by atoms with Gasteiger partial charge in [0.1, 0.15) is 0 Å². The van der Waals surface area contributed by atoms with Gasteiger partial charge < -0.3 is 15.0 Å². The predicted molar refractivity (Wildman–Crippen MR) is 145 cm³/mol. The van der Waals surface area contributed by atoms with Crippen LogP contribution in [0.25, 0.3) is 10.9 Å². The zero-order valence-corrected chi connectivity index (χ0v) is 20.9. The number of hydrogen-bond donors (Lipinski definition) is 2. The average Bonchev–Trinajstić information content (AvgIpc) is 3.23. The number of hydrogen-bond acceptors (Lipinski definition) is 4. The first-order valence-electron chi connectivity index (χ1n) is 12.5. The molecule has 1 aromatic heterocycles. The second-order valence-electron chi connectivity index (χ2n) is 9.64. The fourth-order valence-corrected chi connectivity index (χ4v) is 4.86. The molecule has 184 valence electrons. The molecule has 6 nitrogen and oxygen atoms in total. The number of fused-ring (bicyclic) bond motifs is 1. The fourth-order valence-electron chi connectivity index (χ4n) is 4.86. The van der Waals surface area contributed by atoms with Crippen molar-refractivity contribution in [3.05, 3.63) is 95.1 Å². The normalized spacial score (nSPS) is 14.8. The topological polar surface area (TPSA) is 71.9 Å². The number of piperidine rings is 1. The van der Waals surface area contributed by atoms with E-state index < -0.39 is 0 Å². The minimum Gasteiger partial charge on any atom is -0.494 e. The number of aliphatic imine (C=N–C) groups is 1. The molecule has 1 aliphatic rings. The van der Waals surface area contributed by atoms with E-state index in [1.165, 1.54) is 42.8 Å². The van der Waals surface area contributed by atoms with Gasteiger partial charge in [-0.15, -0.1) is 0 Å². The van der Waals surface area contributed by atoms with Crippen molar-refractivity contribution < 1.29 is 9.90 Å². The minimum atomic E-state index is -0.0888. The Morgan fingerprint density at radius 2 is 1.67 bits per heavy atom. The summed E-state index contributed by atoms with van der Waals surface area (Å²) in [7, 11) is 3.45. The number of aromatic amines is 1. The maximum absolute atomic E-state index is 12.5. The summed E-state index contributed by atoms with van der Waals surface area (Å²) in [6.45, 7) is 3.30. The largest absolute Gasteiger partial charge is 0.494 e. The zero-order chi connectivity index (χ0) is 25.1. The molecule has 0 bridgehead atoms. The molecule has 1 fully saturated rings. The van der Waals surface area contributed by atoms with E-state index in [-0.39, 0.29) is 11.8 Å². The molecule has 36 heavy (non-hydrogen) atoms. The zero-order valence-electron chi connectivity index (χ0n) is 20.9. The van der Waals surface area contributed by atoms with Crippen LogP contribution in [0.5, 0.6) is 5.88 Å². The van der Waals surface area contributed by atoms with Crippen LogP contribution in [0.4, 0.5) is 5.69 Å². The molecule has 0 spiro atoms. The van der Waals surface area contributed by atoms with E-state index in [9.17, 15) is 9.90 Å². The molecule has 6 heteroatoms. The average molecular weight is 481 g/mol. The van der Waals surface area contributed by atoms with E-state index in [0.29, 0.717) is 22.4 Å². The van der Waals surface area contributed by atoms with E-state index in [2.05, 4.69) is 22.0 Å². The molecule has 5 rings (SSSR count). The SMILES string of the molecule is CN(C)C(=O)c1ccc2c(C(=Nc3ccc(CN4CCCCC4)cc3)c3ccccc3)c(O)[nH]c2c1. The number of H-pyrrole nitrogens is 1. The Labute approximate surface area is 211 Å². The summed E-state index contributed by atoms with van der Waals surface area (Å²) in [5, 5.41) is 11.8. The van der Waals surface area contributed by atoms with E-state index in [0.717, 1.165) is 23.2 Å². The Hall–Kier alpha value is -3.90. The van der Waals surface area contributed by atoms with Gasteiger partial charge in [-0.25, -0.2) is 4.99 Å². The standard InChI is InChI=1S/C30H32N4O2/c1-33(2)30(36)23-13-16-25-26(19-23)32-29(35)27(25)28(22-9-5-3-6-10-22)31-24-14-11-21(12-15-24)20-34-17-7-4-8-18-34/h3,5-6,9-16,19,32,35H,4,7-8,17-18,20H2,1-2H3. The van der Waals surface area contributed by atoms with Gasteiger partial charge in [-0.3, -0.25) is 9.69 Å². The van der Waals surface area contributed by atoms with Crippen molar-refractivity contribution in [3.63, 3.8) is 0 Å². The molecule has 0 aliphatic carbocycles. The van der Waals surface area contributed by atoms with E-state index in [4.69, 9.17) is 4.99 Å². The quantitative estimate of drug-likeness (QED) is 0.346. The van der Waals surface area contributed by atoms with Crippen LogP contribution in [-0.4, -0.2) is 58.7 Å². The molecule has 0 unspecified atom stereocenters. The molecule has 2 heterocycles. The number of likely N-dealkylation sites (tertiary alicyclic amines) is 1. The molecular formula is C30H32N4O2. The van der Waals surface area contributed by atoms with E-state index in [1.807, 2.05) is 48.5 Å². The van der Waals surface area contributed by atoms with Crippen molar-refractivity contribution in [1.29, 1.82) is 0 Å². The third-order valence-electron chi connectivity index (χ3n) is 6.75. The first-order valence-corrected chi connectivity index (χ1v) is 12.5. The Bertz CT molecular complexity index is 1380. The molecule has 3 aromatic carbocycles. The summed E-state index contributed by atoms with van der Waals surface area (Å²) in [6.07, 6.45) is 3.89. The highest BCUT2D eigenvalue weighted by molar-refractivity contribution is 6.22. The predicted octanol–water partition coefficient (Wildman–Crippen LogP) is 5.73. The second-order valence-corrected chi connectivity index (χ2v) is 9.64. The summed E-state index contributed by atoms with van der Waals surface area (Å²) in [5.74, 6) is -0.0575. The Kier molecular flexibility index (Phi) is 6.87. The number of nitrogens with one attached hydrogen (secondary N) is 1. The summed E-state index contributed by atoms with van der Waals surface area (Å²) in [6, 6.07) is 23.7. The molecule has 4 aromatic rings. The number of carbonyl (C=O) groups is 1. The van der Waals surface area contributed by atoms with E-state index in [1.54, 1.807) is 26.2 Å². The highest BCUT2D eigenvalue weighted by Gasteiger charge is 2.20. The second kappa shape index (κ2) is 10.4. The van der Waals surface area contributed by atoms with Gasteiger partial charge in [0, 0.05) is 42.7 Å². The fraction of sp³-hybridized carbons (Fsp3) is 0.267. The monoisotopic (exact) mass is 480 g/mol. The number of nitrogens with zero attached hydrogens (tertiary/aromatic N) is 3.